The third-order valence-corrected chi connectivity index (χ3v) is 2.83. The molecule has 0 bridgehead atoms. The van der Waals surface area contributed by atoms with Crippen molar-refractivity contribution < 1.29 is 9.90 Å². The number of hydrogen-bond donors (Lipinski definition) is 1. The molecule has 0 aliphatic heterocycles. The SMILES string of the molecule is CC(C)n1ccn(Cc2ccc(C(=O)O)cn2)c1=O. The van der Waals surface area contributed by atoms with Crippen LogP contribution in [0.3, 0.4) is 0 Å². The van der Waals surface area contributed by atoms with Gasteiger partial charge >= 0.3 is 11.7 Å². The average Bonchev–Trinajstić information content (AvgIpc) is 2.72. The highest BCUT2D eigenvalue weighted by molar-refractivity contribution is 5.87. The van der Waals surface area contributed by atoms with Crippen molar-refractivity contribution >= 4 is 5.97 Å². The second-order valence-electron chi connectivity index (χ2n) is 4.55. The van der Waals surface area contributed by atoms with Crippen LogP contribution >= 0.6 is 0 Å². The number of carboxylic acids is 1. The molecule has 1 N–H and O–H groups in total. The van der Waals surface area contributed by atoms with Crippen molar-refractivity contribution in [2.75, 3.05) is 0 Å². The van der Waals surface area contributed by atoms with Crippen LogP contribution in [0, 0.1) is 0 Å². The Labute approximate surface area is 109 Å². The molecule has 0 radical (unpaired) electrons. The summed E-state index contributed by atoms with van der Waals surface area (Å²) in [6.45, 7) is 4.20. The van der Waals surface area contributed by atoms with Gasteiger partial charge in [0.1, 0.15) is 0 Å². The van der Waals surface area contributed by atoms with Crippen LogP contribution in [-0.4, -0.2) is 25.2 Å². The Kier molecular flexibility index (Phi) is 3.50. The third kappa shape index (κ3) is 2.73. The van der Waals surface area contributed by atoms with E-state index in [1.54, 1.807) is 27.6 Å². The average molecular weight is 261 g/mol. The lowest BCUT2D eigenvalue weighted by atomic mass is 10.2. The van der Waals surface area contributed by atoms with Crippen LogP contribution in [0.4, 0.5) is 0 Å². The monoisotopic (exact) mass is 261 g/mol. The molecule has 0 fully saturated rings. The molecule has 0 aromatic carbocycles. The van der Waals surface area contributed by atoms with Crippen molar-refractivity contribution in [2.45, 2.75) is 26.4 Å². The van der Waals surface area contributed by atoms with Crippen molar-refractivity contribution in [1.82, 2.24) is 14.1 Å². The molecule has 0 saturated heterocycles. The number of pyridine rings is 1. The quantitative estimate of drug-likeness (QED) is 0.901. The Morgan fingerprint density at radius 2 is 2.11 bits per heavy atom. The molecule has 0 aliphatic rings. The van der Waals surface area contributed by atoms with Gasteiger partial charge in [0.25, 0.3) is 0 Å². The summed E-state index contributed by atoms with van der Waals surface area (Å²) in [5, 5.41) is 8.78. The number of imidazole rings is 1. The number of aromatic nitrogens is 3. The lowest BCUT2D eigenvalue weighted by Gasteiger charge is -2.05. The highest BCUT2D eigenvalue weighted by Gasteiger charge is 2.08. The van der Waals surface area contributed by atoms with Crippen LogP contribution in [0.5, 0.6) is 0 Å². The van der Waals surface area contributed by atoms with E-state index in [1.165, 1.54) is 12.3 Å². The molecule has 0 amide bonds. The fraction of sp³-hybridized carbons (Fsp3) is 0.308. The Hall–Kier alpha value is -2.37. The number of hydrogen-bond acceptors (Lipinski definition) is 3. The van der Waals surface area contributed by atoms with Gasteiger partial charge in [0.15, 0.2) is 0 Å². The normalized spacial score (nSPS) is 10.9. The predicted molar refractivity (Wildman–Crippen MR) is 69.4 cm³/mol. The first-order valence-corrected chi connectivity index (χ1v) is 5.94. The molecule has 0 saturated carbocycles. The summed E-state index contributed by atoms with van der Waals surface area (Å²) in [6.07, 6.45) is 4.73. The minimum Gasteiger partial charge on any atom is -0.478 e. The molecular weight excluding hydrogens is 246 g/mol. The van der Waals surface area contributed by atoms with Gasteiger partial charge in [-0.3, -0.25) is 14.1 Å². The smallest absolute Gasteiger partial charge is 0.337 e. The van der Waals surface area contributed by atoms with E-state index >= 15 is 0 Å². The fourth-order valence-electron chi connectivity index (χ4n) is 1.76. The zero-order chi connectivity index (χ0) is 14.0. The predicted octanol–water partition coefficient (Wildman–Crippen LogP) is 1.37. The maximum atomic E-state index is 12.0. The van der Waals surface area contributed by atoms with Gasteiger partial charge in [-0.25, -0.2) is 9.59 Å². The lowest BCUT2D eigenvalue weighted by Crippen LogP contribution is -2.25. The lowest BCUT2D eigenvalue weighted by molar-refractivity contribution is 0.0696. The molecular formula is C13H15N3O3. The van der Waals surface area contributed by atoms with Gasteiger partial charge in [-0.15, -0.1) is 0 Å². The third-order valence-electron chi connectivity index (χ3n) is 2.83. The van der Waals surface area contributed by atoms with Crippen molar-refractivity contribution in [3.8, 4) is 0 Å². The van der Waals surface area contributed by atoms with Crippen LogP contribution in [0.1, 0.15) is 35.9 Å². The summed E-state index contributed by atoms with van der Waals surface area (Å²) >= 11 is 0. The zero-order valence-corrected chi connectivity index (χ0v) is 10.8. The summed E-state index contributed by atoms with van der Waals surface area (Å²) in [6, 6.07) is 3.20. The van der Waals surface area contributed by atoms with Crippen LogP contribution in [-0.2, 0) is 6.54 Å². The van der Waals surface area contributed by atoms with Crippen LogP contribution < -0.4 is 5.69 Å². The maximum Gasteiger partial charge on any atom is 0.337 e. The Balaban J connectivity index is 2.22. The zero-order valence-electron chi connectivity index (χ0n) is 10.8. The van der Waals surface area contributed by atoms with Crippen LogP contribution in [0.2, 0.25) is 0 Å². The Bertz CT molecular complexity index is 638. The second kappa shape index (κ2) is 5.09. The Morgan fingerprint density at radius 3 is 2.58 bits per heavy atom. The molecule has 2 aromatic rings. The van der Waals surface area contributed by atoms with Crippen molar-refractivity contribution in [2.24, 2.45) is 0 Å². The Morgan fingerprint density at radius 1 is 1.37 bits per heavy atom. The van der Waals surface area contributed by atoms with E-state index in [0.717, 1.165) is 0 Å². The van der Waals surface area contributed by atoms with Gasteiger partial charge in [-0.1, -0.05) is 0 Å². The molecule has 0 spiro atoms. The van der Waals surface area contributed by atoms with Crippen molar-refractivity contribution in [3.05, 3.63) is 52.5 Å². The van der Waals surface area contributed by atoms with Gasteiger partial charge in [0.2, 0.25) is 0 Å². The minimum atomic E-state index is -1.01. The van der Waals surface area contributed by atoms with Gasteiger partial charge in [0, 0.05) is 24.6 Å². The van der Waals surface area contributed by atoms with E-state index in [9.17, 15) is 9.59 Å². The van der Waals surface area contributed by atoms with E-state index < -0.39 is 5.97 Å². The number of carboxylic acid groups (broad SMARTS) is 1. The molecule has 19 heavy (non-hydrogen) atoms. The first-order chi connectivity index (χ1) is 8.99. The highest BCUT2D eigenvalue weighted by atomic mass is 16.4. The van der Waals surface area contributed by atoms with Crippen molar-refractivity contribution in [1.29, 1.82) is 0 Å². The van der Waals surface area contributed by atoms with Gasteiger partial charge in [-0.2, -0.15) is 0 Å². The number of aromatic carboxylic acids is 1. The summed E-state index contributed by atoms with van der Waals surface area (Å²) in [4.78, 5) is 26.7. The minimum absolute atomic E-state index is 0.0980. The van der Waals surface area contributed by atoms with Gasteiger partial charge in [0.05, 0.1) is 17.8 Å². The maximum absolute atomic E-state index is 12.0. The number of nitrogens with zero attached hydrogens (tertiary/aromatic N) is 3. The van der Waals surface area contributed by atoms with Crippen molar-refractivity contribution in [3.63, 3.8) is 0 Å². The second-order valence-corrected chi connectivity index (χ2v) is 4.55. The molecule has 6 nitrogen and oxygen atoms in total. The topological polar surface area (TPSA) is 77.1 Å². The van der Waals surface area contributed by atoms with E-state index in [0.29, 0.717) is 12.2 Å². The molecule has 2 aromatic heterocycles. The summed E-state index contributed by atoms with van der Waals surface area (Å²) < 4.78 is 3.17. The fourth-order valence-corrected chi connectivity index (χ4v) is 1.76. The highest BCUT2D eigenvalue weighted by Crippen LogP contribution is 2.03. The van der Waals surface area contributed by atoms with Crippen LogP contribution in [0.15, 0.2) is 35.5 Å². The number of rotatable bonds is 4. The first-order valence-electron chi connectivity index (χ1n) is 5.94. The first kappa shape index (κ1) is 13.1. The summed E-state index contributed by atoms with van der Waals surface area (Å²) in [7, 11) is 0. The van der Waals surface area contributed by atoms with E-state index in [-0.39, 0.29) is 17.3 Å². The molecule has 0 unspecified atom stereocenters. The van der Waals surface area contributed by atoms with Gasteiger partial charge < -0.3 is 5.11 Å². The molecule has 100 valence electrons. The number of carbonyl (C=O) groups is 1. The summed E-state index contributed by atoms with van der Waals surface area (Å²) in [5.74, 6) is -1.01. The standard InChI is InChI=1S/C13H15N3O3/c1-9(2)16-6-5-15(13(16)19)8-11-4-3-10(7-14-11)12(17)18/h3-7,9H,8H2,1-2H3,(H,17,18). The van der Waals surface area contributed by atoms with Crippen LogP contribution in [0.25, 0.3) is 0 Å². The summed E-state index contributed by atoms with van der Waals surface area (Å²) in [5.41, 5.74) is 0.684. The molecule has 0 aliphatic carbocycles. The van der Waals surface area contributed by atoms with E-state index in [1.807, 2.05) is 13.8 Å². The molecule has 6 heteroatoms. The van der Waals surface area contributed by atoms with Gasteiger partial charge in [-0.05, 0) is 26.0 Å². The largest absolute Gasteiger partial charge is 0.478 e. The molecule has 2 rings (SSSR count). The molecule has 2 heterocycles. The van der Waals surface area contributed by atoms with E-state index in [2.05, 4.69) is 4.98 Å². The molecule has 0 atom stereocenters. The van der Waals surface area contributed by atoms with E-state index in [4.69, 9.17) is 5.11 Å².